The van der Waals surface area contributed by atoms with Crippen LogP contribution in [0, 0.1) is 0 Å². The van der Waals surface area contributed by atoms with Crippen LogP contribution in [-0.4, -0.2) is 38.0 Å². The van der Waals surface area contributed by atoms with Crippen LogP contribution in [0.15, 0.2) is 90.0 Å². The highest BCUT2D eigenvalue weighted by molar-refractivity contribution is 7.87. The summed E-state index contributed by atoms with van der Waals surface area (Å²) in [5.74, 6) is 0.831. The lowest BCUT2D eigenvalue weighted by molar-refractivity contribution is 0.256. The van der Waals surface area contributed by atoms with Crippen LogP contribution < -0.4 is 4.18 Å². The van der Waals surface area contributed by atoms with Gasteiger partial charge in [0.05, 0.1) is 0 Å². The second kappa shape index (κ2) is 12.2. The maximum atomic E-state index is 12.8. The molecule has 1 aliphatic rings. The molecule has 1 saturated heterocycles. The average molecular weight is 539 g/mol. The third-order valence-corrected chi connectivity index (χ3v) is 8.50. The Balaban J connectivity index is 0.00000320. The smallest absolute Gasteiger partial charge is 0.339 e. The highest BCUT2D eigenvalue weighted by Crippen LogP contribution is 2.36. The van der Waals surface area contributed by atoms with Crippen LogP contribution in [0.2, 0.25) is 0 Å². The van der Waals surface area contributed by atoms with Crippen LogP contribution in [-0.2, 0) is 23.1 Å². The van der Waals surface area contributed by atoms with Crippen molar-refractivity contribution in [2.45, 2.75) is 49.5 Å². The molecular weight excluding hydrogens is 504 g/mol. The van der Waals surface area contributed by atoms with E-state index in [0.717, 1.165) is 62.6 Å². The van der Waals surface area contributed by atoms with Crippen molar-refractivity contribution in [1.82, 2.24) is 9.47 Å². The summed E-state index contributed by atoms with van der Waals surface area (Å²) in [7, 11) is -1.70. The number of fused-ring (bicyclic) bond motifs is 1. The van der Waals surface area contributed by atoms with E-state index >= 15 is 0 Å². The van der Waals surface area contributed by atoms with Crippen molar-refractivity contribution in [3.8, 4) is 5.75 Å². The zero-order chi connectivity index (χ0) is 25.0. The fourth-order valence-corrected chi connectivity index (χ4v) is 6.15. The normalized spacial score (nSPS) is 14.9. The second-order valence-corrected chi connectivity index (χ2v) is 11.4. The number of rotatable bonds is 9. The Hall–Kier alpha value is -2.80. The predicted octanol–water partition coefficient (Wildman–Crippen LogP) is 6.66. The summed E-state index contributed by atoms with van der Waals surface area (Å²) in [6.07, 6.45) is 7.82. The lowest BCUT2D eigenvalue weighted by Gasteiger charge is -2.28. The second-order valence-electron chi connectivity index (χ2n) is 9.83. The molecule has 0 radical (unpaired) electrons. The Labute approximate surface area is 226 Å². The predicted molar refractivity (Wildman–Crippen MR) is 152 cm³/mol. The van der Waals surface area contributed by atoms with Gasteiger partial charge in [-0.05, 0) is 99.6 Å². The minimum absolute atomic E-state index is 0. The molecule has 0 unspecified atom stereocenters. The van der Waals surface area contributed by atoms with Gasteiger partial charge in [-0.3, -0.25) is 0 Å². The molecule has 4 aromatic rings. The largest absolute Gasteiger partial charge is 0.379 e. The van der Waals surface area contributed by atoms with Gasteiger partial charge in [-0.2, -0.15) is 8.42 Å². The standard InChI is InChI=1S/C30H34N2O3S.ClH/c1-31-20-17-25(18-21-31)29-23-32(19-9-8-12-24-10-4-2-5-11-24)30-16-15-26(22-28(29)30)35-36(33,34)27-13-6-3-7-14-27;/h2-7,10-11,13-16,22-23,25H,8-9,12,17-21H2,1H3;1H. The highest BCUT2D eigenvalue weighted by atomic mass is 35.5. The molecule has 1 aliphatic heterocycles. The molecule has 0 spiro atoms. The molecular formula is C30H35ClN2O3S. The fraction of sp³-hybridized carbons (Fsp3) is 0.333. The topological polar surface area (TPSA) is 51.5 Å². The Morgan fingerprint density at radius 3 is 2.27 bits per heavy atom. The summed E-state index contributed by atoms with van der Waals surface area (Å²) in [6, 6.07) is 24.7. The van der Waals surface area contributed by atoms with Crippen molar-refractivity contribution in [2.24, 2.45) is 0 Å². The van der Waals surface area contributed by atoms with E-state index in [0.29, 0.717) is 11.7 Å². The van der Waals surface area contributed by atoms with E-state index in [2.05, 4.69) is 53.0 Å². The van der Waals surface area contributed by atoms with E-state index in [-0.39, 0.29) is 17.3 Å². The van der Waals surface area contributed by atoms with E-state index in [9.17, 15) is 8.42 Å². The van der Waals surface area contributed by atoms with Crippen molar-refractivity contribution >= 4 is 33.4 Å². The quantitative estimate of drug-likeness (QED) is 0.176. The maximum absolute atomic E-state index is 12.8. The number of aromatic nitrogens is 1. The van der Waals surface area contributed by atoms with Gasteiger partial charge in [-0.1, -0.05) is 48.5 Å². The average Bonchev–Trinajstić information content (AvgIpc) is 3.26. The molecule has 0 aliphatic carbocycles. The fourth-order valence-electron chi connectivity index (χ4n) is 5.20. The van der Waals surface area contributed by atoms with Gasteiger partial charge in [0.15, 0.2) is 0 Å². The van der Waals surface area contributed by atoms with Crippen molar-refractivity contribution in [1.29, 1.82) is 0 Å². The van der Waals surface area contributed by atoms with E-state index in [1.807, 2.05) is 12.1 Å². The van der Waals surface area contributed by atoms with Crippen LogP contribution in [0.3, 0.4) is 0 Å². The molecule has 1 fully saturated rings. The van der Waals surface area contributed by atoms with Gasteiger partial charge in [-0.25, -0.2) is 0 Å². The minimum atomic E-state index is -3.88. The SMILES string of the molecule is CN1CCC(c2cn(CCCCc3ccccc3)c3ccc(OS(=O)(=O)c4ccccc4)cc23)CC1.Cl. The van der Waals surface area contributed by atoms with Crippen LogP contribution in [0.5, 0.6) is 5.75 Å². The van der Waals surface area contributed by atoms with Gasteiger partial charge < -0.3 is 13.7 Å². The molecule has 196 valence electrons. The van der Waals surface area contributed by atoms with E-state index in [1.165, 1.54) is 11.1 Å². The van der Waals surface area contributed by atoms with Gasteiger partial charge in [0.2, 0.25) is 0 Å². The zero-order valence-corrected chi connectivity index (χ0v) is 22.9. The van der Waals surface area contributed by atoms with Crippen molar-refractivity contribution in [3.05, 3.63) is 96.2 Å². The molecule has 1 aromatic heterocycles. The number of unbranched alkanes of at least 4 members (excludes halogenated alkanes) is 1. The molecule has 3 aromatic carbocycles. The Kier molecular flexibility index (Phi) is 8.95. The number of aryl methyl sites for hydroxylation is 2. The van der Waals surface area contributed by atoms with Crippen LogP contribution in [0.25, 0.3) is 10.9 Å². The molecule has 0 N–H and O–H groups in total. The van der Waals surface area contributed by atoms with E-state index in [4.69, 9.17) is 4.18 Å². The molecule has 0 bridgehead atoms. The summed E-state index contributed by atoms with van der Waals surface area (Å²) < 4.78 is 33.6. The molecule has 0 saturated carbocycles. The third kappa shape index (κ3) is 6.56. The Morgan fingerprint density at radius 2 is 1.57 bits per heavy atom. The first-order chi connectivity index (χ1) is 17.5. The summed E-state index contributed by atoms with van der Waals surface area (Å²) in [4.78, 5) is 2.54. The van der Waals surface area contributed by atoms with E-state index in [1.54, 1.807) is 36.4 Å². The van der Waals surface area contributed by atoms with Crippen molar-refractivity contribution < 1.29 is 12.6 Å². The van der Waals surface area contributed by atoms with Gasteiger partial charge >= 0.3 is 10.1 Å². The van der Waals surface area contributed by atoms with Gasteiger partial charge in [0.1, 0.15) is 10.6 Å². The van der Waals surface area contributed by atoms with Crippen molar-refractivity contribution in [2.75, 3.05) is 20.1 Å². The maximum Gasteiger partial charge on any atom is 0.339 e. The molecule has 0 atom stereocenters. The number of hydrogen-bond donors (Lipinski definition) is 0. The van der Waals surface area contributed by atoms with Crippen LogP contribution >= 0.6 is 12.4 Å². The number of nitrogens with zero attached hydrogens (tertiary/aromatic N) is 2. The van der Waals surface area contributed by atoms with Gasteiger partial charge in [-0.15, -0.1) is 12.4 Å². The number of benzene rings is 3. The lowest BCUT2D eigenvalue weighted by atomic mass is 9.89. The molecule has 5 rings (SSSR count). The van der Waals surface area contributed by atoms with Gasteiger partial charge in [0.25, 0.3) is 0 Å². The first-order valence-electron chi connectivity index (χ1n) is 12.8. The number of halogens is 1. The Morgan fingerprint density at radius 1 is 0.892 bits per heavy atom. The van der Waals surface area contributed by atoms with Crippen molar-refractivity contribution in [3.63, 3.8) is 0 Å². The molecule has 0 amide bonds. The molecule has 2 heterocycles. The Bertz CT molecular complexity index is 1400. The summed E-state index contributed by atoms with van der Waals surface area (Å²) in [5, 5.41) is 1.10. The van der Waals surface area contributed by atoms with Gasteiger partial charge in [0, 0.05) is 23.6 Å². The van der Waals surface area contributed by atoms with Crippen LogP contribution in [0.1, 0.15) is 42.7 Å². The first kappa shape index (κ1) is 27.2. The summed E-state index contributed by atoms with van der Waals surface area (Å²) in [5.41, 5.74) is 3.83. The monoisotopic (exact) mass is 538 g/mol. The lowest BCUT2D eigenvalue weighted by Crippen LogP contribution is -2.29. The first-order valence-corrected chi connectivity index (χ1v) is 14.3. The minimum Gasteiger partial charge on any atom is -0.379 e. The number of piperidine rings is 1. The summed E-state index contributed by atoms with van der Waals surface area (Å²) in [6.45, 7) is 3.10. The van der Waals surface area contributed by atoms with E-state index < -0.39 is 10.1 Å². The summed E-state index contributed by atoms with van der Waals surface area (Å²) >= 11 is 0. The third-order valence-electron chi connectivity index (χ3n) is 7.24. The number of hydrogen-bond acceptors (Lipinski definition) is 4. The van der Waals surface area contributed by atoms with Crippen LogP contribution in [0.4, 0.5) is 0 Å². The highest BCUT2D eigenvalue weighted by Gasteiger charge is 2.23. The molecule has 7 heteroatoms. The molecule has 37 heavy (non-hydrogen) atoms. The number of likely N-dealkylation sites (tertiary alicyclic amines) is 1. The zero-order valence-electron chi connectivity index (χ0n) is 21.3. The molecule has 5 nitrogen and oxygen atoms in total.